The lowest BCUT2D eigenvalue weighted by atomic mass is 10.1. The lowest BCUT2D eigenvalue weighted by Gasteiger charge is -2.18. The van der Waals surface area contributed by atoms with Crippen molar-refractivity contribution in [3.8, 4) is 11.5 Å². The third-order valence-electron chi connectivity index (χ3n) is 3.94. The fraction of sp³-hybridized carbons (Fsp3) is 0.650. The van der Waals surface area contributed by atoms with Crippen molar-refractivity contribution in [3.63, 3.8) is 0 Å². The number of carbonyl (C=O) groups excluding carboxylic acids is 1. The second kappa shape index (κ2) is 11.9. The molecule has 0 bridgehead atoms. The number of ketones is 1. The summed E-state index contributed by atoms with van der Waals surface area (Å²) in [5.74, 6) is 1.56. The van der Waals surface area contributed by atoms with E-state index >= 15 is 0 Å². The quantitative estimate of drug-likeness (QED) is 0.417. The van der Waals surface area contributed by atoms with Crippen molar-refractivity contribution in [2.75, 3.05) is 20.3 Å². The fourth-order valence-corrected chi connectivity index (χ4v) is 2.50. The highest BCUT2D eigenvalue weighted by molar-refractivity contribution is 5.95. The van der Waals surface area contributed by atoms with Gasteiger partial charge < -0.3 is 14.8 Å². The maximum atomic E-state index is 11.8. The molecule has 1 rings (SSSR count). The molecule has 4 heteroatoms. The molecule has 136 valence electrons. The Bertz CT molecular complexity index is 467. The third kappa shape index (κ3) is 6.91. The van der Waals surface area contributed by atoms with Crippen LogP contribution in [0, 0.1) is 0 Å². The molecule has 1 aromatic rings. The van der Waals surface area contributed by atoms with E-state index < -0.39 is 0 Å². The molecule has 0 unspecified atom stereocenters. The SMILES string of the molecule is CCCCCOc1cc(C(C)=O)cc(OCCCCC)c1CNC. The molecule has 4 nitrogen and oxygen atoms in total. The van der Waals surface area contributed by atoms with Gasteiger partial charge >= 0.3 is 0 Å². The van der Waals surface area contributed by atoms with Crippen LogP contribution in [0.5, 0.6) is 11.5 Å². The number of Topliss-reactive ketones (excluding diaryl/α,β-unsaturated/α-hetero) is 1. The number of rotatable bonds is 13. The van der Waals surface area contributed by atoms with E-state index in [9.17, 15) is 4.79 Å². The Morgan fingerprint density at radius 1 is 0.958 bits per heavy atom. The zero-order chi connectivity index (χ0) is 17.8. The molecule has 0 aromatic heterocycles. The molecule has 0 aliphatic carbocycles. The molecule has 0 fully saturated rings. The van der Waals surface area contributed by atoms with E-state index in [0.29, 0.717) is 25.3 Å². The van der Waals surface area contributed by atoms with Gasteiger partial charge in [0, 0.05) is 17.7 Å². The Morgan fingerprint density at radius 3 is 1.83 bits per heavy atom. The molecule has 0 saturated carbocycles. The normalized spacial score (nSPS) is 10.7. The average molecular weight is 335 g/mol. The van der Waals surface area contributed by atoms with Crippen LogP contribution in [0.3, 0.4) is 0 Å². The maximum absolute atomic E-state index is 11.8. The molecule has 1 N–H and O–H groups in total. The number of hydrogen-bond acceptors (Lipinski definition) is 4. The highest BCUT2D eigenvalue weighted by Crippen LogP contribution is 2.31. The predicted molar refractivity (Wildman–Crippen MR) is 99.3 cm³/mol. The number of ether oxygens (including phenoxy) is 2. The van der Waals surface area contributed by atoms with Gasteiger partial charge in [0.15, 0.2) is 5.78 Å². The molecule has 24 heavy (non-hydrogen) atoms. The van der Waals surface area contributed by atoms with E-state index in [4.69, 9.17) is 9.47 Å². The second-order valence-electron chi connectivity index (χ2n) is 6.15. The number of benzene rings is 1. The Morgan fingerprint density at radius 2 is 1.46 bits per heavy atom. The molecule has 0 radical (unpaired) electrons. The van der Waals surface area contributed by atoms with Crippen LogP contribution in [-0.4, -0.2) is 26.0 Å². The largest absolute Gasteiger partial charge is 0.493 e. The van der Waals surface area contributed by atoms with Gasteiger partial charge in [-0.1, -0.05) is 39.5 Å². The minimum Gasteiger partial charge on any atom is -0.493 e. The van der Waals surface area contributed by atoms with Crippen LogP contribution in [-0.2, 0) is 6.54 Å². The Kier molecular flexibility index (Phi) is 10.2. The van der Waals surface area contributed by atoms with Crippen molar-refractivity contribution < 1.29 is 14.3 Å². The van der Waals surface area contributed by atoms with Gasteiger partial charge in [-0.25, -0.2) is 0 Å². The van der Waals surface area contributed by atoms with Gasteiger partial charge in [-0.3, -0.25) is 4.79 Å². The van der Waals surface area contributed by atoms with Crippen LogP contribution in [0.25, 0.3) is 0 Å². The molecule has 0 amide bonds. The van der Waals surface area contributed by atoms with Crippen molar-refractivity contribution >= 4 is 5.78 Å². The first-order valence-corrected chi connectivity index (χ1v) is 9.22. The van der Waals surface area contributed by atoms with Gasteiger partial charge in [-0.15, -0.1) is 0 Å². The Hall–Kier alpha value is -1.55. The topological polar surface area (TPSA) is 47.6 Å². The number of hydrogen-bond donors (Lipinski definition) is 1. The molecule has 0 atom stereocenters. The first-order chi connectivity index (χ1) is 11.6. The zero-order valence-electron chi connectivity index (χ0n) is 15.7. The molecule has 1 aromatic carbocycles. The molecule has 0 aliphatic rings. The van der Waals surface area contributed by atoms with Crippen LogP contribution >= 0.6 is 0 Å². The molecule has 0 saturated heterocycles. The highest BCUT2D eigenvalue weighted by atomic mass is 16.5. The van der Waals surface area contributed by atoms with E-state index in [0.717, 1.165) is 55.6 Å². The van der Waals surface area contributed by atoms with E-state index in [2.05, 4.69) is 19.2 Å². The molecule has 0 aliphatic heterocycles. The minimum absolute atomic E-state index is 0.0304. The van der Waals surface area contributed by atoms with Gasteiger partial charge in [0.25, 0.3) is 0 Å². The third-order valence-corrected chi connectivity index (χ3v) is 3.94. The maximum Gasteiger partial charge on any atom is 0.160 e. The first-order valence-electron chi connectivity index (χ1n) is 9.22. The Balaban J connectivity index is 2.98. The average Bonchev–Trinajstić information content (AvgIpc) is 2.57. The summed E-state index contributed by atoms with van der Waals surface area (Å²) in [4.78, 5) is 11.8. The highest BCUT2D eigenvalue weighted by Gasteiger charge is 2.15. The number of unbranched alkanes of at least 4 members (excludes halogenated alkanes) is 4. The van der Waals surface area contributed by atoms with Crippen molar-refractivity contribution in [1.29, 1.82) is 0 Å². The molecule has 0 spiro atoms. The van der Waals surface area contributed by atoms with Crippen molar-refractivity contribution in [2.24, 2.45) is 0 Å². The van der Waals surface area contributed by atoms with Gasteiger partial charge in [0.1, 0.15) is 11.5 Å². The summed E-state index contributed by atoms with van der Waals surface area (Å²) in [6.45, 7) is 7.91. The summed E-state index contributed by atoms with van der Waals surface area (Å²) in [5.41, 5.74) is 1.64. The van der Waals surface area contributed by atoms with Gasteiger partial charge in [-0.2, -0.15) is 0 Å². The lowest BCUT2D eigenvalue weighted by Crippen LogP contribution is -2.12. The van der Waals surface area contributed by atoms with Crippen LogP contribution in [0.1, 0.15) is 75.2 Å². The van der Waals surface area contributed by atoms with Gasteiger partial charge in [-0.05, 0) is 38.9 Å². The zero-order valence-corrected chi connectivity index (χ0v) is 15.7. The fourth-order valence-electron chi connectivity index (χ4n) is 2.50. The summed E-state index contributed by atoms with van der Waals surface area (Å²) in [5, 5.41) is 3.17. The smallest absolute Gasteiger partial charge is 0.160 e. The van der Waals surface area contributed by atoms with Crippen LogP contribution < -0.4 is 14.8 Å². The van der Waals surface area contributed by atoms with Crippen molar-refractivity contribution in [1.82, 2.24) is 5.32 Å². The summed E-state index contributed by atoms with van der Waals surface area (Å²) in [6.07, 6.45) is 6.65. The lowest BCUT2D eigenvalue weighted by molar-refractivity contribution is 0.101. The molecular formula is C20H33NO3. The van der Waals surface area contributed by atoms with E-state index in [1.165, 1.54) is 0 Å². The van der Waals surface area contributed by atoms with Crippen LogP contribution in [0.2, 0.25) is 0 Å². The van der Waals surface area contributed by atoms with Crippen molar-refractivity contribution in [2.45, 2.75) is 65.8 Å². The summed E-state index contributed by atoms with van der Waals surface area (Å²) in [6, 6.07) is 3.69. The monoisotopic (exact) mass is 335 g/mol. The summed E-state index contributed by atoms with van der Waals surface area (Å²) < 4.78 is 12.0. The van der Waals surface area contributed by atoms with Crippen molar-refractivity contribution in [3.05, 3.63) is 23.3 Å². The second-order valence-corrected chi connectivity index (χ2v) is 6.15. The number of nitrogens with one attached hydrogen (secondary N) is 1. The van der Waals surface area contributed by atoms with Gasteiger partial charge in [0.05, 0.1) is 13.2 Å². The van der Waals surface area contributed by atoms with E-state index in [1.54, 1.807) is 6.92 Å². The van der Waals surface area contributed by atoms with E-state index in [-0.39, 0.29) is 5.78 Å². The summed E-state index contributed by atoms with van der Waals surface area (Å²) in [7, 11) is 1.90. The predicted octanol–water partition coefficient (Wildman–Crippen LogP) is 4.75. The van der Waals surface area contributed by atoms with E-state index in [1.807, 2.05) is 19.2 Å². The standard InChI is InChI=1S/C20H33NO3/c1-5-7-9-11-23-19-13-17(16(3)22)14-20(18(19)15-21-4)24-12-10-8-6-2/h13-14,21H,5-12,15H2,1-4H3. The molecule has 0 heterocycles. The number of carbonyl (C=O) groups is 1. The van der Waals surface area contributed by atoms with Crippen LogP contribution in [0.4, 0.5) is 0 Å². The first kappa shape index (κ1) is 20.5. The van der Waals surface area contributed by atoms with Crippen LogP contribution in [0.15, 0.2) is 12.1 Å². The Labute approximate surface area is 146 Å². The van der Waals surface area contributed by atoms with Gasteiger partial charge in [0.2, 0.25) is 0 Å². The summed E-state index contributed by atoms with van der Waals surface area (Å²) >= 11 is 0. The minimum atomic E-state index is 0.0304. The molecular weight excluding hydrogens is 302 g/mol.